The lowest BCUT2D eigenvalue weighted by molar-refractivity contribution is 0.215. The first-order valence-corrected chi connectivity index (χ1v) is 10.1. The summed E-state index contributed by atoms with van der Waals surface area (Å²) in [4.78, 5) is 6.92. The summed E-state index contributed by atoms with van der Waals surface area (Å²) in [5.41, 5.74) is 1.46. The number of guanidine groups is 1. The normalized spacial score (nSPS) is 23.1. The molecule has 3 atom stereocenters. The molecule has 0 spiro atoms. The Hall–Kier alpha value is -1.54. The van der Waals surface area contributed by atoms with Crippen LogP contribution in [0.2, 0.25) is 0 Å². The molecule has 152 valence electrons. The van der Waals surface area contributed by atoms with E-state index in [1.54, 1.807) is 6.26 Å². The molecule has 1 saturated heterocycles. The van der Waals surface area contributed by atoms with Gasteiger partial charge in [-0.15, -0.1) is 24.0 Å². The van der Waals surface area contributed by atoms with Crippen molar-refractivity contribution in [1.29, 1.82) is 0 Å². The van der Waals surface area contributed by atoms with Crippen molar-refractivity contribution in [3.63, 3.8) is 0 Å². The van der Waals surface area contributed by atoms with Crippen LogP contribution in [0, 0.1) is 5.92 Å². The molecule has 28 heavy (non-hydrogen) atoms. The van der Waals surface area contributed by atoms with E-state index in [1.165, 1.54) is 24.8 Å². The van der Waals surface area contributed by atoms with Crippen LogP contribution in [0.15, 0.2) is 58.1 Å². The first kappa shape index (κ1) is 21.2. The molecule has 0 radical (unpaired) electrons. The van der Waals surface area contributed by atoms with Crippen LogP contribution in [-0.2, 0) is 0 Å². The lowest BCUT2D eigenvalue weighted by Crippen LogP contribution is -2.43. The van der Waals surface area contributed by atoms with E-state index < -0.39 is 0 Å². The van der Waals surface area contributed by atoms with Crippen molar-refractivity contribution >= 4 is 29.9 Å². The molecular formula is C22H31IN4O. The van der Waals surface area contributed by atoms with E-state index in [4.69, 9.17) is 4.42 Å². The Balaban J connectivity index is 0.00000225. The average Bonchev–Trinajstić information content (AvgIpc) is 3.09. The second-order valence-electron chi connectivity index (χ2n) is 7.62. The lowest BCUT2D eigenvalue weighted by Gasteiger charge is -2.26. The van der Waals surface area contributed by atoms with Gasteiger partial charge in [0.05, 0.1) is 12.3 Å². The fourth-order valence-electron chi connectivity index (χ4n) is 4.17. The number of benzene rings is 1. The summed E-state index contributed by atoms with van der Waals surface area (Å²) in [6, 6.07) is 15.1. The third-order valence-electron chi connectivity index (χ3n) is 5.82. The minimum absolute atomic E-state index is 0. The van der Waals surface area contributed by atoms with Gasteiger partial charge in [0.15, 0.2) is 5.96 Å². The number of rotatable bonds is 7. The van der Waals surface area contributed by atoms with Gasteiger partial charge in [-0.05, 0) is 61.9 Å². The predicted octanol–water partition coefficient (Wildman–Crippen LogP) is 4.00. The summed E-state index contributed by atoms with van der Waals surface area (Å²) in [5.74, 6) is 3.30. The van der Waals surface area contributed by atoms with Gasteiger partial charge in [-0.2, -0.15) is 0 Å². The molecule has 2 aromatic rings. The standard InChI is InChI=1S/C22H30N4O.HI/c1-23-22(24-15-18-14-19(18)17-8-3-2-4-9-17)25-16-20(21-10-7-13-27-21)26-11-5-6-12-26;/h2-4,7-10,13,18-20H,5-6,11-12,14-16H2,1H3,(H2,23,24,25);1H. The number of nitrogens with zero attached hydrogens (tertiary/aromatic N) is 2. The minimum Gasteiger partial charge on any atom is -0.468 e. The molecule has 4 rings (SSSR count). The van der Waals surface area contributed by atoms with E-state index in [0.717, 1.165) is 37.9 Å². The molecule has 5 nitrogen and oxygen atoms in total. The molecule has 1 aliphatic heterocycles. The highest BCUT2D eigenvalue weighted by Crippen LogP contribution is 2.46. The number of likely N-dealkylation sites (tertiary alicyclic amines) is 1. The van der Waals surface area contributed by atoms with Gasteiger partial charge >= 0.3 is 0 Å². The number of hydrogen-bond acceptors (Lipinski definition) is 3. The molecule has 2 N–H and O–H groups in total. The summed E-state index contributed by atoms with van der Waals surface area (Å²) in [7, 11) is 1.84. The van der Waals surface area contributed by atoms with Crippen molar-refractivity contribution in [2.75, 3.05) is 33.2 Å². The van der Waals surface area contributed by atoms with Crippen LogP contribution in [0.1, 0.15) is 42.5 Å². The molecule has 1 saturated carbocycles. The molecule has 6 heteroatoms. The number of nitrogens with one attached hydrogen (secondary N) is 2. The summed E-state index contributed by atoms with van der Waals surface area (Å²) < 4.78 is 5.70. The zero-order valence-corrected chi connectivity index (χ0v) is 18.8. The second-order valence-corrected chi connectivity index (χ2v) is 7.62. The maximum absolute atomic E-state index is 5.70. The maximum atomic E-state index is 5.70. The number of halogens is 1. The van der Waals surface area contributed by atoms with Crippen LogP contribution in [0.3, 0.4) is 0 Å². The molecule has 2 aliphatic rings. The van der Waals surface area contributed by atoms with Crippen LogP contribution >= 0.6 is 24.0 Å². The highest BCUT2D eigenvalue weighted by atomic mass is 127. The van der Waals surface area contributed by atoms with Gasteiger partial charge in [0.25, 0.3) is 0 Å². The van der Waals surface area contributed by atoms with Crippen molar-refractivity contribution in [1.82, 2.24) is 15.5 Å². The fourth-order valence-corrected chi connectivity index (χ4v) is 4.17. The molecule has 0 amide bonds. The summed E-state index contributed by atoms with van der Waals surface area (Å²) >= 11 is 0. The third-order valence-corrected chi connectivity index (χ3v) is 5.82. The summed E-state index contributed by atoms with van der Waals surface area (Å²) in [6.45, 7) is 4.05. The fraction of sp³-hybridized carbons (Fsp3) is 0.500. The number of furan rings is 1. The van der Waals surface area contributed by atoms with Gasteiger partial charge in [-0.3, -0.25) is 9.89 Å². The van der Waals surface area contributed by atoms with Crippen molar-refractivity contribution < 1.29 is 4.42 Å². The second kappa shape index (κ2) is 10.3. The Bertz CT molecular complexity index is 728. The Morgan fingerprint density at radius 1 is 1.14 bits per heavy atom. The SMILES string of the molecule is CN=C(NCC1CC1c1ccccc1)NCC(c1ccco1)N1CCCC1.I. The Morgan fingerprint density at radius 2 is 1.93 bits per heavy atom. The monoisotopic (exact) mass is 494 g/mol. The zero-order chi connectivity index (χ0) is 18.5. The van der Waals surface area contributed by atoms with Gasteiger partial charge in [0.2, 0.25) is 0 Å². The topological polar surface area (TPSA) is 52.8 Å². The summed E-state index contributed by atoms with van der Waals surface area (Å²) in [6.07, 6.45) is 5.57. The molecule has 1 aromatic carbocycles. The lowest BCUT2D eigenvalue weighted by atomic mass is 10.1. The van der Waals surface area contributed by atoms with E-state index in [9.17, 15) is 0 Å². The molecular weight excluding hydrogens is 463 g/mol. The minimum atomic E-state index is 0. The Labute approximate surface area is 185 Å². The van der Waals surface area contributed by atoms with E-state index in [0.29, 0.717) is 11.8 Å². The first-order chi connectivity index (χ1) is 13.3. The van der Waals surface area contributed by atoms with Gasteiger partial charge in [-0.25, -0.2) is 0 Å². The first-order valence-electron chi connectivity index (χ1n) is 10.1. The highest BCUT2D eigenvalue weighted by Gasteiger charge is 2.37. The number of aliphatic imine (C=N–C) groups is 1. The van der Waals surface area contributed by atoms with Crippen molar-refractivity contribution in [2.45, 2.75) is 31.2 Å². The van der Waals surface area contributed by atoms with Crippen molar-refractivity contribution in [3.8, 4) is 0 Å². The van der Waals surface area contributed by atoms with Crippen molar-refractivity contribution in [2.24, 2.45) is 10.9 Å². The predicted molar refractivity (Wildman–Crippen MR) is 124 cm³/mol. The zero-order valence-electron chi connectivity index (χ0n) is 16.5. The van der Waals surface area contributed by atoms with E-state index in [1.807, 2.05) is 13.1 Å². The molecule has 3 unspecified atom stereocenters. The Morgan fingerprint density at radius 3 is 2.61 bits per heavy atom. The molecule has 1 aliphatic carbocycles. The molecule has 2 heterocycles. The van der Waals surface area contributed by atoms with E-state index >= 15 is 0 Å². The smallest absolute Gasteiger partial charge is 0.191 e. The van der Waals surface area contributed by atoms with Crippen LogP contribution in [0.4, 0.5) is 0 Å². The quantitative estimate of drug-likeness (QED) is 0.347. The van der Waals surface area contributed by atoms with Gasteiger partial charge < -0.3 is 15.1 Å². The third kappa shape index (κ3) is 5.29. The average molecular weight is 494 g/mol. The van der Waals surface area contributed by atoms with Gasteiger partial charge in [0, 0.05) is 20.1 Å². The van der Waals surface area contributed by atoms with Crippen LogP contribution in [0.5, 0.6) is 0 Å². The molecule has 0 bridgehead atoms. The number of hydrogen-bond donors (Lipinski definition) is 2. The van der Waals surface area contributed by atoms with E-state index in [2.05, 4.69) is 56.9 Å². The van der Waals surface area contributed by atoms with Crippen LogP contribution in [0.25, 0.3) is 0 Å². The van der Waals surface area contributed by atoms with Crippen molar-refractivity contribution in [3.05, 3.63) is 60.1 Å². The highest BCUT2D eigenvalue weighted by molar-refractivity contribution is 14.0. The van der Waals surface area contributed by atoms with E-state index in [-0.39, 0.29) is 30.0 Å². The van der Waals surface area contributed by atoms with Crippen LogP contribution in [-0.4, -0.2) is 44.1 Å². The van der Waals surface area contributed by atoms with Crippen LogP contribution < -0.4 is 10.6 Å². The molecule has 1 aromatic heterocycles. The Kier molecular flexibility index (Phi) is 7.79. The van der Waals surface area contributed by atoms with Gasteiger partial charge in [0.1, 0.15) is 5.76 Å². The molecule has 2 fully saturated rings. The largest absolute Gasteiger partial charge is 0.468 e. The summed E-state index contributed by atoms with van der Waals surface area (Å²) in [5, 5.41) is 7.02. The van der Waals surface area contributed by atoms with Gasteiger partial charge in [-0.1, -0.05) is 30.3 Å². The maximum Gasteiger partial charge on any atom is 0.191 e.